The lowest BCUT2D eigenvalue weighted by molar-refractivity contribution is 0.174. The van der Waals surface area contributed by atoms with E-state index in [2.05, 4.69) is 11.9 Å². The third-order valence-corrected chi connectivity index (χ3v) is 5.75. The van der Waals surface area contributed by atoms with Crippen molar-refractivity contribution >= 4 is 23.5 Å². The maximum Gasteiger partial charge on any atom is 0.0934 e. The predicted octanol–water partition coefficient (Wildman–Crippen LogP) is 2.35. The molecule has 3 unspecified atom stereocenters. The molecule has 0 amide bonds. The number of thioether (sulfide) groups is 2. The third-order valence-electron chi connectivity index (χ3n) is 2.57. The summed E-state index contributed by atoms with van der Waals surface area (Å²) in [6.07, 6.45) is 3.12. The first-order valence-corrected chi connectivity index (χ1v) is 7.20. The van der Waals surface area contributed by atoms with E-state index in [1.165, 1.54) is 5.75 Å². The average Bonchev–Trinajstić information content (AvgIpc) is 2.30. The molecule has 1 aliphatic rings. The molecule has 2 heterocycles. The molecule has 0 aromatic carbocycles. The lowest BCUT2D eigenvalue weighted by atomic mass is 10.1. The van der Waals surface area contributed by atoms with Gasteiger partial charge in [0.1, 0.15) is 0 Å². The Bertz CT molecular complexity index is 307. The van der Waals surface area contributed by atoms with Crippen LogP contribution in [0.25, 0.3) is 0 Å². The monoisotopic (exact) mass is 241 g/mol. The van der Waals surface area contributed by atoms with Crippen LogP contribution in [0.2, 0.25) is 0 Å². The number of aliphatic hydroxyl groups excluding tert-OH is 1. The van der Waals surface area contributed by atoms with E-state index in [4.69, 9.17) is 0 Å². The molecule has 1 aromatic rings. The Labute approximate surface area is 98.9 Å². The van der Waals surface area contributed by atoms with Crippen molar-refractivity contribution in [2.45, 2.75) is 23.5 Å². The Morgan fingerprint density at radius 1 is 1.47 bits per heavy atom. The molecule has 0 radical (unpaired) electrons. The Balaban J connectivity index is 2.09. The summed E-state index contributed by atoms with van der Waals surface area (Å²) in [5.74, 6) is 2.33. The fourth-order valence-electron chi connectivity index (χ4n) is 1.74. The Kier molecular flexibility index (Phi) is 3.94. The highest BCUT2D eigenvalue weighted by molar-refractivity contribution is 8.07. The summed E-state index contributed by atoms with van der Waals surface area (Å²) in [6.45, 7) is 2.20. The highest BCUT2D eigenvalue weighted by Crippen LogP contribution is 2.38. The van der Waals surface area contributed by atoms with Gasteiger partial charge in [-0.05, 0) is 11.6 Å². The summed E-state index contributed by atoms with van der Waals surface area (Å²) >= 11 is 3.82. The van der Waals surface area contributed by atoms with E-state index in [0.29, 0.717) is 10.5 Å². The second-order valence-electron chi connectivity index (χ2n) is 3.64. The first kappa shape index (κ1) is 11.3. The number of aromatic nitrogens is 1. The third kappa shape index (κ3) is 2.68. The van der Waals surface area contributed by atoms with Crippen LogP contribution in [0.1, 0.15) is 18.6 Å². The molecule has 0 saturated carbocycles. The van der Waals surface area contributed by atoms with Crippen LogP contribution < -0.4 is 0 Å². The van der Waals surface area contributed by atoms with E-state index < -0.39 is 0 Å². The van der Waals surface area contributed by atoms with Crippen LogP contribution in [0.5, 0.6) is 0 Å². The first-order chi connectivity index (χ1) is 7.29. The molecule has 4 heteroatoms. The van der Waals surface area contributed by atoms with Gasteiger partial charge in [-0.15, -0.1) is 0 Å². The minimum atomic E-state index is -0.383. The summed E-state index contributed by atoms with van der Waals surface area (Å²) in [7, 11) is 0. The Morgan fingerprint density at radius 2 is 2.27 bits per heavy atom. The largest absolute Gasteiger partial charge is 0.387 e. The van der Waals surface area contributed by atoms with Crippen molar-refractivity contribution in [3.05, 3.63) is 30.1 Å². The molecule has 1 aliphatic heterocycles. The summed E-state index contributed by atoms with van der Waals surface area (Å²) < 4.78 is 0. The standard InChI is InChI=1S/C11H15NOS2/c1-8-11(15-6-5-14-8)10(13)9-3-2-4-12-7-9/h2-4,7-8,10-11,13H,5-6H2,1H3. The highest BCUT2D eigenvalue weighted by Gasteiger charge is 2.29. The van der Waals surface area contributed by atoms with Gasteiger partial charge in [0, 0.05) is 34.4 Å². The van der Waals surface area contributed by atoms with Crippen LogP contribution in [0.3, 0.4) is 0 Å². The zero-order valence-corrected chi connectivity index (χ0v) is 10.3. The Hall–Kier alpha value is -0.190. The maximum absolute atomic E-state index is 10.2. The first-order valence-electron chi connectivity index (χ1n) is 5.10. The van der Waals surface area contributed by atoms with E-state index in [-0.39, 0.29) is 6.10 Å². The van der Waals surface area contributed by atoms with E-state index in [1.807, 2.05) is 35.7 Å². The van der Waals surface area contributed by atoms with Gasteiger partial charge in [-0.2, -0.15) is 23.5 Å². The molecule has 3 atom stereocenters. The summed E-state index contributed by atoms with van der Waals surface area (Å²) in [5, 5.41) is 11.1. The van der Waals surface area contributed by atoms with Crippen molar-refractivity contribution in [1.82, 2.24) is 4.98 Å². The van der Waals surface area contributed by atoms with Crippen LogP contribution >= 0.6 is 23.5 Å². The minimum Gasteiger partial charge on any atom is -0.387 e. The number of pyridine rings is 1. The van der Waals surface area contributed by atoms with Crippen LogP contribution in [-0.4, -0.2) is 32.1 Å². The molecular weight excluding hydrogens is 226 g/mol. The summed E-state index contributed by atoms with van der Waals surface area (Å²) in [5.41, 5.74) is 0.935. The van der Waals surface area contributed by atoms with Crippen molar-refractivity contribution in [3.8, 4) is 0 Å². The van der Waals surface area contributed by atoms with Crippen molar-refractivity contribution in [3.63, 3.8) is 0 Å². The number of aliphatic hydroxyl groups is 1. The Morgan fingerprint density at radius 3 is 2.93 bits per heavy atom. The van der Waals surface area contributed by atoms with Gasteiger partial charge in [0.05, 0.1) is 6.10 Å². The lowest BCUT2D eigenvalue weighted by Gasteiger charge is -2.31. The molecule has 82 valence electrons. The van der Waals surface area contributed by atoms with Crippen molar-refractivity contribution in [2.24, 2.45) is 0 Å². The normalized spacial score (nSPS) is 28.7. The van der Waals surface area contributed by atoms with Crippen LogP contribution in [0, 0.1) is 0 Å². The van der Waals surface area contributed by atoms with Gasteiger partial charge in [0.25, 0.3) is 0 Å². The molecule has 0 bridgehead atoms. The zero-order chi connectivity index (χ0) is 10.7. The van der Waals surface area contributed by atoms with Gasteiger partial charge >= 0.3 is 0 Å². The number of nitrogens with zero attached hydrogens (tertiary/aromatic N) is 1. The van der Waals surface area contributed by atoms with E-state index in [0.717, 1.165) is 11.3 Å². The van der Waals surface area contributed by atoms with Gasteiger partial charge in [0.2, 0.25) is 0 Å². The van der Waals surface area contributed by atoms with E-state index in [9.17, 15) is 5.11 Å². The lowest BCUT2D eigenvalue weighted by Crippen LogP contribution is -2.29. The average molecular weight is 241 g/mol. The number of rotatable bonds is 2. The molecule has 0 spiro atoms. The fourth-order valence-corrected chi connectivity index (χ4v) is 4.57. The molecule has 1 aromatic heterocycles. The van der Waals surface area contributed by atoms with Gasteiger partial charge in [-0.1, -0.05) is 13.0 Å². The van der Waals surface area contributed by atoms with Gasteiger partial charge in [-0.3, -0.25) is 4.98 Å². The SMILES string of the molecule is CC1SCCSC1C(O)c1cccnc1. The fraction of sp³-hybridized carbons (Fsp3) is 0.545. The van der Waals surface area contributed by atoms with Gasteiger partial charge in [0.15, 0.2) is 0 Å². The second-order valence-corrected chi connectivity index (χ2v) is 6.41. The second kappa shape index (κ2) is 5.23. The molecule has 1 saturated heterocycles. The molecule has 2 rings (SSSR count). The minimum absolute atomic E-state index is 0.299. The van der Waals surface area contributed by atoms with Crippen LogP contribution in [-0.2, 0) is 0 Å². The molecule has 1 fully saturated rings. The molecule has 15 heavy (non-hydrogen) atoms. The van der Waals surface area contributed by atoms with Gasteiger partial charge in [-0.25, -0.2) is 0 Å². The number of hydrogen-bond donors (Lipinski definition) is 1. The smallest absolute Gasteiger partial charge is 0.0934 e. The molecule has 2 nitrogen and oxygen atoms in total. The summed E-state index contributed by atoms with van der Waals surface area (Å²) in [6, 6.07) is 3.83. The van der Waals surface area contributed by atoms with E-state index >= 15 is 0 Å². The molecule has 1 N–H and O–H groups in total. The van der Waals surface area contributed by atoms with Crippen molar-refractivity contribution < 1.29 is 5.11 Å². The maximum atomic E-state index is 10.2. The number of hydrogen-bond acceptors (Lipinski definition) is 4. The molecule has 0 aliphatic carbocycles. The predicted molar refractivity (Wildman–Crippen MR) is 67.4 cm³/mol. The topological polar surface area (TPSA) is 33.1 Å². The zero-order valence-electron chi connectivity index (χ0n) is 8.67. The van der Waals surface area contributed by atoms with Crippen LogP contribution in [0.4, 0.5) is 0 Å². The van der Waals surface area contributed by atoms with Crippen molar-refractivity contribution in [1.29, 1.82) is 0 Å². The highest BCUT2D eigenvalue weighted by atomic mass is 32.2. The van der Waals surface area contributed by atoms with E-state index in [1.54, 1.807) is 12.4 Å². The summed E-state index contributed by atoms with van der Waals surface area (Å²) in [4.78, 5) is 4.05. The van der Waals surface area contributed by atoms with Gasteiger partial charge < -0.3 is 5.11 Å². The van der Waals surface area contributed by atoms with Crippen LogP contribution in [0.15, 0.2) is 24.5 Å². The molecular formula is C11H15NOS2. The van der Waals surface area contributed by atoms with Crippen molar-refractivity contribution in [2.75, 3.05) is 11.5 Å². The quantitative estimate of drug-likeness (QED) is 0.861.